The van der Waals surface area contributed by atoms with Gasteiger partial charge in [-0.3, -0.25) is 24.1 Å². The van der Waals surface area contributed by atoms with Crippen molar-refractivity contribution in [1.29, 1.82) is 0 Å². The summed E-state index contributed by atoms with van der Waals surface area (Å²) < 4.78 is 1.77. The van der Waals surface area contributed by atoms with Gasteiger partial charge in [0.2, 0.25) is 5.91 Å². The Bertz CT molecular complexity index is 1120. The number of imidazole rings is 1. The summed E-state index contributed by atoms with van der Waals surface area (Å²) in [6, 6.07) is 10.2. The summed E-state index contributed by atoms with van der Waals surface area (Å²) in [6.45, 7) is 3.93. The van der Waals surface area contributed by atoms with Crippen molar-refractivity contribution < 1.29 is 14.5 Å². The maximum absolute atomic E-state index is 12.5. The highest BCUT2D eigenvalue weighted by molar-refractivity contribution is 5.94. The number of nitrogens with zero attached hydrogens (tertiary/aromatic N) is 3. The number of hydrogen-bond acceptors (Lipinski definition) is 5. The van der Waals surface area contributed by atoms with E-state index in [1.54, 1.807) is 23.5 Å². The number of carbonyl (C=O) groups excluding carboxylic acids is 2. The minimum absolute atomic E-state index is 0.0188. The van der Waals surface area contributed by atoms with E-state index in [0.29, 0.717) is 42.0 Å². The number of nitro benzene ring substituents is 1. The third kappa shape index (κ3) is 5.25. The third-order valence-corrected chi connectivity index (χ3v) is 5.06. The molecular formula is C22H25N5O4. The van der Waals surface area contributed by atoms with Crippen LogP contribution in [-0.4, -0.2) is 32.7 Å². The number of amides is 2. The SMILES string of the molecule is Cc1nc2ccccn2c1C(=O)NCCCCCC(=O)Nc1cccc([N+](=O)[O-])c1C. The van der Waals surface area contributed by atoms with Gasteiger partial charge in [-0.2, -0.15) is 0 Å². The lowest BCUT2D eigenvalue weighted by atomic mass is 10.1. The number of hydrogen-bond donors (Lipinski definition) is 2. The molecule has 1 aromatic carbocycles. The molecule has 162 valence electrons. The van der Waals surface area contributed by atoms with Gasteiger partial charge in [0.1, 0.15) is 11.3 Å². The van der Waals surface area contributed by atoms with E-state index < -0.39 is 4.92 Å². The summed E-state index contributed by atoms with van der Waals surface area (Å²) in [7, 11) is 0. The molecule has 3 rings (SSSR count). The molecule has 2 aromatic heterocycles. The second kappa shape index (κ2) is 9.84. The molecule has 9 nitrogen and oxygen atoms in total. The molecule has 0 atom stereocenters. The van der Waals surface area contributed by atoms with Crippen LogP contribution in [0.5, 0.6) is 0 Å². The number of pyridine rings is 1. The van der Waals surface area contributed by atoms with Crippen LogP contribution < -0.4 is 10.6 Å². The fourth-order valence-corrected chi connectivity index (χ4v) is 3.43. The number of anilines is 1. The van der Waals surface area contributed by atoms with E-state index in [-0.39, 0.29) is 17.5 Å². The molecule has 0 bridgehead atoms. The zero-order valence-electron chi connectivity index (χ0n) is 17.6. The van der Waals surface area contributed by atoms with E-state index in [1.807, 2.05) is 31.3 Å². The third-order valence-electron chi connectivity index (χ3n) is 5.06. The number of carbonyl (C=O) groups is 2. The van der Waals surface area contributed by atoms with Crippen LogP contribution in [0, 0.1) is 24.0 Å². The predicted molar refractivity (Wildman–Crippen MR) is 117 cm³/mol. The Labute approximate surface area is 179 Å². The molecule has 2 heterocycles. The van der Waals surface area contributed by atoms with Crippen molar-refractivity contribution in [2.75, 3.05) is 11.9 Å². The largest absolute Gasteiger partial charge is 0.351 e. The van der Waals surface area contributed by atoms with Gasteiger partial charge in [0.15, 0.2) is 0 Å². The smallest absolute Gasteiger partial charge is 0.274 e. The molecule has 0 aliphatic carbocycles. The van der Waals surface area contributed by atoms with E-state index >= 15 is 0 Å². The molecule has 0 radical (unpaired) electrons. The first-order valence-corrected chi connectivity index (χ1v) is 10.1. The normalized spacial score (nSPS) is 10.8. The average Bonchev–Trinajstić information content (AvgIpc) is 3.07. The van der Waals surface area contributed by atoms with Crippen LogP contribution in [0.1, 0.15) is 47.4 Å². The number of nitrogens with one attached hydrogen (secondary N) is 2. The van der Waals surface area contributed by atoms with Crippen LogP contribution >= 0.6 is 0 Å². The fourth-order valence-electron chi connectivity index (χ4n) is 3.43. The molecule has 31 heavy (non-hydrogen) atoms. The highest BCUT2D eigenvalue weighted by Gasteiger charge is 2.16. The van der Waals surface area contributed by atoms with Gasteiger partial charge >= 0.3 is 0 Å². The topological polar surface area (TPSA) is 119 Å². The maximum Gasteiger partial charge on any atom is 0.274 e. The van der Waals surface area contributed by atoms with Gasteiger partial charge in [0.05, 0.1) is 21.9 Å². The minimum atomic E-state index is -0.465. The molecule has 0 fully saturated rings. The highest BCUT2D eigenvalue weighted by Crippen LogP contribution is 2.25. The molecule has 3 aromatic rings. The van der Waals surface area contributed by atoms with Crippen LogP contribution in [-0.2, 0) is 4.79 Å². The summed E-state index contributed by atoms with van der Waals surface area (Å²) in [6.07, 6.45) is 4.29. The molecule has 2 amide bonds. The number of aromatic nitrogens is 2. The Morgan fingerprint density at radius 1 is 1.10 bits per heavy atom. The van der Waals surface area contributed by atoms with Crippen LogP contribution in [0.3, 0.4) is 0 Å². The van der Waals surface area contributed by atoms with Crippen molar-refractivity contribution >= 4 is 28.8 Å². The summed E-state index contributed by atoms with van der Waals surface area (Å²) in [4.78, 5) is 39.6. The van der Waals surface area contributed by atoms with Crippen LogP contribution in [0.25, 0.3) is 5.65 Å². The Morgan fingerprint density at radius 3 is 2.68 bits per heavy atom. The first-order valence-electron chi connectivity index (χ1n) is 10.1. The Morgan fingerprint density at radius 2 is 1.90 bits per heavy atom. The van der Waals surface area contributed by atoms with E-state index in [4.69, 9.17) is 0 Å². The van der Waals surface area contributed by atoms with Crippen molar-refractivity contribution in [2.45, 2.75) is 39.5 Å². The van der Waals surface area contributed by atoms with Gasteiger partial charge in [0.25, 0.3) is 11.6 Å². The van der Waals surface area contributed by atoms with Crippen molar-refractivity contribution in [3.63, 3.8) is 0 Å². The zero-order chi connectivity index (χ0) is 22.4. The lowest BCUT2D eigenvalue weighted by Gasteiger charge is -2.09. The summed E-state index contributed by atoms with van der Waals surface area (Å²) in [5.41, 5.74) is 2.81. The molecule has 0 saturated heterocycles. The van der Waals surface area contributed by atoms with Crippen molar-refractivity contribution in [1.82, 2.24) is 14.7 Å². The molecule has 0 unspecified atom stereocenters. The second-order valence-corrected chi connectivity index (χ2v) is 7.30. The van der Waals surface area contributed by atoms with Crippen LogP contribution in [0.2, 0.25) is 0 Å². The van der Waals surface area contributed by atoms with Gasteiger partial charge in [-0.1, -0.05) is 18.6 Å². The zero-order valence-corrected chi connectivity index (χ0v) is 17.6. The van der Waals surface area contributed by atoms with Gasteiger partial charge in [-0.25, -0.2) is 4.98 Å². The minimum Gasteiger partial charge on any atom is -0.351 e. The van der Waals surface area contributed by atoms with Crippen molar-refractivity contribution in [2.24, 2.45) is 0 Å². The summed E-state index contributed by atoms with van der Waals surface area (Å²) in [5.74, 6) is -0.357. The molecule has 9 heteroatoms. The van der Waals surface area contributed by atoms with E-state index in [9.17, 15) is 19.7 Å². The summed E-state index contributed by atoms with van der Waals surface area (Å²) >= 11 is 0. The highest BCUT2D eigenvalue weighted by atomic mass is 16.6. The maximum atomic E-state index is 12.5. The number of benzene rings is 1. The Balaban J connectivity index is 1.40. The Kier molecular flexibility index (Phi) is 6.96. The standard InChI is InChI=1S/C22H25N5O4/c1-15-17(9-8-10-18(15)27(30)31)25-20(28)12-4-3-6-13-23-22(29)21-16(2)24-19-11-5-7-14-26(19)21/h5,7-11,14H,3-4,6,12-13H2,1-2H3,(H,23,29)(H,25,28). The number of nitro groups is 1. The van der Waals surface area contributed by atoms with E-state index in [1.165, 1.54) is 6.07 Å². The van der Waals surface area contributed by atoms with Crippen LogP contribution in [0.4, 0.5) is 11.4 Å². The van der Waals surface area contributed by atoms with Gasteiger partial charge in [-0.15, -0.1) is 0 Å². The monoisotopic (exact) mass is 423 g/mol. The quantitative estimate of drug-likeness (QED) is 0.308. The Hall–Kier alpha value is -3.75. The number of aryl methyl sites for hydroxylation is 1. The molecular weight excluding hydrogens is 398 g/mol. The second-order valence-electron chi connectivity index (χ2n) is 7.30. The van der Waals surface area contributed by atoms with Crippen molar-refractivity contribution in [3.05, 3.63) is 69.7 Å². The number of unbranched alkanes of at least 4 members (excludes halogenated alkanes) is 2. The first-order chi connectivity index (χ1) is 14.9. The summed E-state index contributed by atoms with van der Waals surface area (Å²) in [5, 5.41) is 16.6. The fraction of sp³-hybridized carbons (Fsp3) is 0.318. The number of fused-ring (bicyclic) bond motifs is 1. The average molecular weight is 423 g/mol. The van der Waals surface area contributed by atoms with Gasteiger partial charge in [0, 0.05) is 25.2 Å². The molecule has 2 N–H and O–H groups in total. The van der Waals surface area contributed by atoms with E-state index in [0.717, 1.165) is 18.5 Å². The molecule has 0 aliphatic rings. The molecule has 0 aliphatic heterocycles. The molecule has 0 spiro atoms. The molecule has 0 saturated carbocycles. The van der Waals surface area contributed by atoms with Gasteiger partial charge in [-0.05, 0) is 44.9 Å². The first kappa shape index (κ1) is 21.9. The van der Waals surface area contributed by atoms with Crippen molar-refractivity contribution in [3.8, 4) is 0 Å². The predicted octanol–water partition coefficient (Wildman–Crippen LogP) is 3.79. The van der Waals surface area contributed by atoms with Crippen LogP contribution in [0.15, 0.2) is 42.6 Å². The lowest BCUT2D eigenvalue weighted by Crippen LogP contribution is -2.26. The van der Waals surface area contributed by atoms with E-state index in [2.05, 4.69) is 15.6 Å². The number of rotatable bonds is 9. The lowest BCUT2D eigenvalue weighted by molar-refractivity contribution is -0.385. The van der Waals surface area contributed by atoms with Gasteiger partial charge < -0.3 is 10.6 Å².